The fraction of sp³-hybridized carbons (Fsp3) is 0.812. The van der Waals surface area contributed by atoms with Crippen molar-refractivity contribution in [3.63, 3.8) is 0 Å². The summed E-state index contributed by atoms with van der Waals surface area (Å²) in [4.78, 5) is 4.68. The van der Waals surface area contributed by atoms with Crippen LogP contribution in [0.15, 0.2) is 5.38 Å². The van der Waals surface area contributed by atoms with Crippen LogP contribution in [0.4, 0.5) is 0 Å². The Labute approximate surface area is 122 Å². The molecule has 0 bridgehead atoms. The van der Waals surface area contributed by atoms with Crippen LogP contribution in [0.3, 0.4) is 0 Å². The monoisotopic (exact) mass is 283 g/mol. The molecule has 0 aliphatic carbocycles. The van der Waals surface area contributed by atoms with E-state index in [2.05, 4.69) is 45.0 Å². The van der Waals surface area contributed by atoms with Crippen LogP contribution in [0.1, 0.15) is 71.0 Å². The highest BCUT2D eigenvalue weighted by molar-refractivity contribution is 7.09. The molecule has 2 nitrogen and oxygen atoms in total. The fourth-order valence-corrected chi connectivity index (χ4v) is 3.30. The molecule has 0 spiro atoms. The second kappa shape index (κ2) is 7.39. The van der Waals surface area contributed by atoms with E-state index in [1.807, 2.05) is 0 Å². The topological polar surface area (TPSA) is 33.1 Å². The SMILES string of the molecule is CCCCC(CC)C(O)Cc1nc(C(C)(C)C)cs1. The molecular weight excluding hydrogens is 254 g/mol. The Morgan fingerprint density at radius 3 is 2.47 bits per heavy atom. The van der Waals surface area contributed by atoms with Crippen LogP contribution in [0.25, 0.3) is 0 Å². The van der Waals surface area contributed by atoms with Gasteiger partial charge >= 0.3 is 0 Å². The number of nitrogens with zero attached hydrogens (tertiary/aromatic N) is 1. The minimum Gasteiger partial charge on any atom is -0.392 e. The lowest BCUT2D eigenvalue weighted by molar-refractivity contribution is 0.0986. The molecule has 1 aromatic rings. The first kappa shape index (κ1) is 16.6. The number of aromatic nitrogens is 1. The fourth-order valence-electron chi connectivity index (χ4n) is 2.23. The van der Waals surface area contributed by atoms with Crippen LogP contribution < -0.4 is 0 Å². The normalized spacial score (nSPS) is 15.5. The Kier molecular flexibility index (Phi) is 6.48. The van der Waals surface area contributed by atoms with Gasteiger partial charge in [-0.15, -0.1) is 11.3 Å². The molecular formula is C16H29NOS. The lowest BCUT2D eigenvalue weighted by atomic mass is 9.91. The number of thiazole rings is 1. The van der Waals surface area contributed by atoms with Gasteiger partial charge in [0.2, 0.25) is 0 Å². The number of hydrogen-bond donors (Lipinski definition) is 1. The highest BCUT2D eigenvalue weighted by atomic mass is 32.1. The molecule has 3 heteroatoms. The average molecular weight is 283 g/mol. The first-order valence-electron chi connectivity index (χ1n) is 7.51. The zero-order valence-electron chi connectivity index (χ0n) is 13.1. The molecule has 1 N–H and O–H groups in total. The third kappa shape index (κ3) is 5.23. The summed E-state index contributed by atoms with van der Waals surface area (Å²) in [5.74, 6) is 0.418. The summed E-state index contributed by atoms with van der Waals surface area (Å²) in [5.41, 5.74) is 1.24. The number of hydrogen-bond acceptors (Lipinski definition) is 3. The van der Waals surface area contributed by atoms with Crippen molar-refractivity contribution in [3.05, 3.63) is 16.1 Å². The summed E-state index contributed by atoms with van der Waals surface area (Å²) >= 11 is 1.69. The molecule has 0 aromatic carbocycles. The average Bonchev–Trinajstić information content (AvgIpc) is 2.78. The van der Waals surface area contributed by atoms with E-state index in [9.17, 15) is 5.11 Å². The summed E-state index contributed by atoms with van der Waals surface area (Å²) < 4.78 is 0. The molecule has 19 heavy (non-hydrogen) atoms. The molecule has 110 valence electrons. The van der Waals surface area contributed by atoms with E-state index in [-0.39, 0.29) is 11.5 Å². The van der Waals surface area contributed by atoms with Gasteiger partial charge in [-0.05, 0) is 12.3 Å². The standard InChI is InChI=1S/C16H29NOS/c1-6-8-9-12(7-2)13(18)10-15-17-14(11-19-15)16(3,4)5/h11-13,18H,6-10H2,1-5H3. The summed E-state index contributed by atoms with van der Waals surface area (Å²) in [6.07, 6.45) is 5.07. The van der Waals surface area contributed by atoms with Crippen LogP contribution >= 0.6 is 11.3 Å². The minimum atomic E-state index is -0.240. The molecule has 1 heterocycles. The molecule has 1 rings (SSSR count). The van der Waals surface area contributed by atoms with Gasteiger partial charge in [-0.2, -0.15) is 0 Å². The van der Waals surface area contributed by atoms with Gasteiger partial charge < -0.3 is 5.11 Å². The molecule has 1 aromatic heterocycles. The minimum absolute atomic E-state index is 0.103. The molecule has 0 fully saturated rings. The van der Waals surface area contributed by atoms with Crippen molar-refractivity contribution in [2.24, 2.45) is 5.92 Å². The first-order valence-corrected chi connectivity index (χ1v) is 8.39. The van der Waals surface area contributed by atoms with Crippen molar-refractivity contribution in [2.75, 3.05) is 0 Å². The van der Waals surface area contributed by atoms with Crippen molar-refractivity contribution in [1.29, 1.82) is 0 Å². The van der Waals surface area contributed by atoms with Crippen molar-refractivity contribution < 1.29 is 5.11 Å². The third-order valence-corrected chi connectivity index (χ3v) is 4.57. The summed E-state index contributed by atoms with van der Waals surface area (Å²) in [7, 11) is 0. The van der Waals surface area contributed by atoms with Crippen LogP contribution in [-0.2, 0) is 11.8 Å². The second-order valence-corrected chi connectivity index (χ2v) is 7.40. The number of aliphatic hydroxyl groups excluding tert-OH is 1. The van der Waals surface area contributed by atoms with Gasteiger partial charge in [0.1, 0.15) is 0 Å². The molecule has 2 atom stereocenters. The third-order valence-electron chi connectivity index (χ3n) is 3.70. The number of unbranched alkanes of at least 4 members (excludes halogenated alkanes) is 1. The predicted molar refractivity (Wildman–Crippen MR) is 83.8 cm³/mol. The maximum absolute atomic E-state index is 10.4. The summed E-state index contributed by atoms with van der Waals surface area (Å²) in [6, 6.07) is 0. The van der Waals surface area contributed by atoms with Gasteiger partial charge in [0.25, 0.3) is 0 Å². The highest BCUT2D eigenvalue weighted by Gasteiger charge is 2.21. The Morgan fingerprint density at radius 1 is 1.32 bits per heavy atom. The Hall–Kier alpha value is -0.410. The molecule has 0 aliphatic heterocycles. The maximum atomic E-state index is 10.4. The molecule has 0 aliphatic rings. The zero-order valence-corrected chi connectivity index (χ0v) is 13.9. The van der Waals surface area contributed by atoms with E-state index in [0.29, 0.717) is 12.3 Å². The quantitative estimate of drug-likeness (QED) is 0.795. The van der Waals surface area contributed by atoms with Gasteiger partial charge in [0.15, 0.2) is 0 Å². The Morgan fingerprint density at radius 2 is 2.00 bits per heavy atom. The van der Waals surface area contributed by atoms with Crippen LogP contribution in [0, 0.1) is 5.92 Å². The molecule has 0 saturated carbocycles. The Bertz CT molecular complexity index is 367. The van der Waals surface area contributed by atoms with Crippen LogP contribution in [0.5, 0.6) is 0 Å². The maximum Gasteiger partial charge on any atom is 0.0954 e. The molecule has 0 amide bonds. The van der Waals surface area contributed by atoms with E-state index in [1.165, 1.54) is 12.8 Å². The largest absolute Gasteiger partial charge is 0.392 e. The highest BCUT2D eigenvalue weighted by Crippen LogP contribution is 2.26. The van der Waals surface area contributed by atoms with Crippen molar-refractivity contribution in [2.45, 2.75) is 78.2 Å². The number of rotatable bonds is 7. The summed E-state index contributed by atoms with van der Waals surface area (Å²) in [5, 5.41) is 13.6. The lowest BCUT2D eigenvalue weighted by Crippen LogP contribution is -2.22. The second-order valence-electron chi connectivity index (χ2n) is 6.46. The summed E-state index contributed by atoms with van der Waals surface area (Å²) in [6.45, 7) is 10.9. The van der Waals surface area contributed by atoms with Gasteiger partial charge in [0.05, 0.1) is 16.8 Å². The van der Waals surface area contributed by atoms with E-state index < -0.39 is 0 Å². The van der Waals surface area contributed by atoms with Crippen LogP contribution in [-0.4, -0.2) is 16.2 Å². The smallest absolute Gasteiger partial charge is 0.0954 e. The van der Waals surface area contributed by atoms with Crippen LogP contribution in [0.2, 0.25) is 0 Å². The van der Waals surface area contributed by atoms with E-state index in [1.54, 1.807) is 11.3 Å². The van der Waals surface area contributed by atoms with Gasteiger partial charge in [-0.3, -0.25) is 0 Å². The van der Waals surface area contributed by atoms with Gasteiger partial charge in [0, 0.05) is 17.2 Å². The zero-order chi connectivity index (χ0) is 14.5. The first-order chi connectivity index (χ1) is 8.88. The molecule has 0 radical (unpaired) electrons. The van der Waals surface area contributed by atoms with Gasteiger partial charge in [-0.1, -0.05) is 53.9 Å². The lowest BCUT2D eigenvalue weighted by Gasteiger charge is -2.20. The molecule has 2 unspecified atom stereocenters. The molecule has 0 saturated heterocycles. The van der Waals surface area contributed by atoms with E-state index >= 15 is 0 Å². The predicted octanol–water partition coefficient (Wildman–Crippen LogP) is 4.56. The Balaban J connectivity index is 2.60. The number of aliphatic hydroxyl groups is 1. The van der Waals surface area contributed by atoms with E-state index in [0.717, 1.165) is 23.5 Å². The van der Waals surface area contributed by atoms with Crippen molar-refractivity contribution >= 4 is 11.3 Å². The van der Waals surface area contributed by atoms with E-state index in [4.69, 9.17) is 0 Å². The van der Waals surface area contributed by atoms with Crippen molar-refractivity contribution in [1.82, 2.24) is 4.98 Å². The van der Waals surface area contributed by atoms with Gasteiger partial charge in [-0.25, -0.2) is 4.98 Å². The van der Waals surface area contributed by atoms with Crippen molar-refractivity contribution in [3.8, 4) is 0 Å².